The summed E-state index contributed by atoms with van der Waals surface area (Å²) in [5, 5.41) is 3.18. The summed E-state index contributed by atoms with van der Waals surface area (Å²) in [6.45, 7) is 10.6. The van der Waals surface area contributed by atoms with Crippen LogP contribution in [0.3, 0.4) is 0 Å². The highest BCUT2D eigenvalue weighted by Gasteiger charge is 2.33. The number of nitrogens with zero attached hydrogens (tertiary/aromatic N) is 4. The third kappa shape index (κ3) is 4.17. The van der Waals surface area contributed by atoms with Crippen LogP contribution in [0.5, 0.6) is 6.01 Å². The van der Waals surface area contributed by atoms with Gasteiger partial charge in [0.15, 0.2) is 0 Å². The summed E-state index contributed by atoms with van der Waals surface area (Å²) in [5.74, 6) is 1.18. The summed E-state index contributed by atoms with van der Waals surface area (Å²) in [5.41, 5.74) is -0.228. The van der Waals surface area contributed by atoms with Gasteiger partial charge in [0.2, 0.25) is 11.9 Å². The Bertz CT molecular complexity index is 480. The number of methoxy groups -OCH3 is 1. The summed E-state index contributed by atoms with van der Waals surface area (Å²) >= 11 is 0. The average Bonchev–Trinajstić information content (AvgIpc) is 2.42. The first-order chi connectivity index (χ1) is 9.93. The Hall–Kier alpha value is -1.63. The second-order valence-corrected chi connectivity index (χ2v) is 5.94. The molecule has 2 heterocycles. The smallest absolute Gasteiger partial charge is 0.322 e. The molecule has 2 rings (SSSR count). The van der Waals surface area contributed by atoms with E-state index < -0.39 is 0 Å². The van der Waals surface area contributed by atoms with Crippen LogP contribution in [-0.4, -0.2) is 53.4 Å². The van der Waals surface area contributed by atoms with Gasteiger partial charge in [-0.25, -0.2) is 0 Å². The Morgan fingerprint density at radius 1 is 1.38 bits per heavy atom. The summed E-state index contributed by atoms with van der Waals surface area (Å²) in [6.07, 6.45) is 1.13. The molecule has 7 nitrogen and oxygen atoms in total. The zero-order chi connectivity index (χ0) is 15.5. The molecule has 1 unspecified atom stereocenters. The maximum absolute atomic E-state index is 5.92. The van der Waals surface area contributed by atoms with Crippen molar-refractivity contribution in [2.24, 2.45) is 0 Å². The Labute approximate surface area is 126 Å². The second-order valence-electron chi connectivity index (χ2n) is 5.94. The first kappa shape index (κ1) is 15.8. The number of hydrogen-bond acceptors (Lipinski definition) is 7. The van der Waals surface area contributed by atoms with Crippen LogP contribution in [0.15, 0.2) is 0 Å². The van der Waals surface area contributed by atoms with Gasteiger partial charge in [-0.2, -0.15) is 15.0 Å². The van der Waals surface area contributed by atoms with Crippen LogP contribution < -0.4 is 15.0 Å². The number of rotatable bonds is 5. The lowest BCUT2D eigenvalue weighted by Crippen LogP contribution is -2.52. The van der Waals surface area contributed by atoms with Crippen LogP contribution in [0, 0.1) is 0 Å². The maximum atomic E-state index is 5.92. The van der Waals surface area contributed by atoms with E-state index in [4.69, 9.17) is 9.47 Å². The van der Waals surface area contributed by atoms with Crippen LogP contribution in [0.2, 0.25) is 0 Å². The Morgan fingerprint density at radius 2 is 2.14 bits per heavy atom. The minimum absolute atomic E-state index is 0.128. The summed E-state index contributed by atoms with van der Waals surface area (Å²) < 4.78 is 11.1. The number of morpholine rings is 1. The van der Waals surface area contributed by atoms with Crippen LogP contribution in [0.4, 0.5) is 11.9 Å². The Kier molecular flexibility index (Phi) is 4.82. The largest absolute Gasteiger partial charge is 0.467 e. The summed E-state index contributed by atoms with van der Waals surface area (Å²) in [4.78, 5) is 15.2. The molecule has 1 aliphatic heterocycles. The quantitative estimate of drug-likeness (QED) is 0.886. The number of hydrogen-bond donors (Lipinski definition) is 1. The molecule has 0 aromatic carbocycles. The van der Waals surface area contributed by atoms with E-state index in [2.05, 4.69) is 52.9 Å². The van der Waals surface area contributed by atoms with E-state index in [1.807, 2.05) is 0 Å². The molecular weight excluding hydrogens is 270 g/mol. The second kappa shape index (κ2) is 6.43. The van der Waals surface area contributed by atoms with Crippen molar-refractivity contribution in [2.45, 2.75) is 45.8 Å². The highest BCUT2D eigenvalue weighted by molar-refractivity contribution is 5.39. The molecule has 0 radical (unpaired) electrons. The minimum atomic E-state index is -0.228. The first-order valence-electron chi connectivity index (χ1n) is 7.40. The molecule has 118 valence electrons. The van der Waals surface area contributed by atoms with E-state index >= 15 is 0 Å². The maximum Gasteiger partial charge on any atom is 0.322 e. The van der Waals surface area contributed by atoms with Crippen molar-refractivity contribution in [1.82, 2.24) is 15.0 Å². The van der Waals surface area contributed by atoms with Crippen LogP contribution in [0.1, 0.15) is 34.1 Å². The predicted molar refractivity (Wildman–Crippen MR) is 82.0 cm³/mol. The van der Waals surface area contributed by atoms with Crippen molar-refractivity contribution in [1.29, 1.82) is 0 Å². The topological polar surface area (TPSA) is 72.4 Å². The van der Waals surface area contributed by atoms with Crippen molar-refractivity contribution >= 4 is 11.9 Å². The van der Waals surface area contributed by atoms with E-state index in [-0.39, 0.29) is 11.7 Å². The highest BCUT2D eigenvalue weighted by atomic mass is 16.5. The Balaban J connectivity index is 2.24. The number of aromatic nitrogens is 3. The van der Waals surface area contributed by atoms with Crippen LogP contribution >= 0.6 is 0 Å². The monoisotopic (exact) mass is 295 g/mol. The van der Waals surface area contributed by atoms with E-state index in [1.165, 1.54) is 0 Å². The summed E-state index contributed by atoms with van der Waals surface area (Å²) in [7, 11) is 1.56. The van der Waals surface area contributed by atoms with Gasteiger partial charge in [-0.3, -0.25) is 0 Å². The lowest BCUT2D eigenvalue weighted by Gasteiger charge is -2.41. The molecule has 0 bridgehead atoms. The molecule has 1 fully saturated rings. The zero-order valence-corrected chi connectivity index (χ0v) is 13.5. The van der Waals surface area contributed by atoms with Crippen molar-refractivity contribution in [3.05, 3.63) is 0 Å². The lowest BCUT2D eigenvalue weighted by atomic mass is 10.1. The molecular formula is C14H25N5O2. The lowest BCUT2D eigenvalue weighted by molar-refractivity contribution is -0.0754. The zero-order valence-electron chi connectivity index (χ0n) is 13.5. The first-order valence-corrected chi connectivity index (χ1v) is 7.40. The molecule has 0 spiro atoms. The van der Waals surface area contributed by atoms with Crippen molar-refractivity contribution < 1.29 is 9.47 Å². The van der Waals surface area contributed by atoms with E-state index in [0.717, 1.165) is 26.1 Å². The standard InChI is InChI=1S/C14H25N5O2/c1-6-7-15-11-16-12(18-13(17-11)20-5)19-8-10(2)21-14(3,4)9-19/h10H,6-9H2,1-5H3,(H,15,16,17,18). The predicted octanol–water partition coefficient (Wildman–Crippen LogP) is 1.71. The van der Waals surface area contributed by atoms with Gasteiger partial charge in [0.1, 0.15) is 0 Å². The molecule has 1 N–H and O–H groups in total. The fraction of sp³-hybridized carbons (Fsp3) is 0.786. The molecule has 7 heteroatoms. The molecule has 1 aromatic rings. The third-order valence-electron chi connectivity index (χ3n) is 3.17. The number of nitrogens with one attached hydrogen (secondary N) is 1. The van der Waals surface area contributed by atoms with Crippen molar-refractivity contribution in [3.63, 3.8) is 0 Å². The molecule has 0 aliphatic carbocycles. The fourth-order valence-corrected chi connectivity index (χ4v) is 2.50. The Morgan fingerprint density at radius 3 is 2.76 bits per heavy atom. The van der Waals surface area contributed by atoms with E-state index in [9.17, 15) is 0 Å². The average molecular weight is 295 g/mol. The SMILES string of the molecule is CCCNc1nc(OC)nc(N2CC(C)OC(C)(C)C2)n1. The molecule has 1 aliphatic rings. The molecule has 0 saturated carbocycles. The third-order valence-corrected chi connectivity index (χ3v) is 3.17. The van der Waals surface area contributed by atoms with Gasteiger partial charge in [-0.05, 0) is 27.2 Å². The van der Waals surface area contributed by atoms with E-state index in [1.54, 1.807) is 7.11 Å². The van der Waals surface area contributed by atoms with Gasteiger partial charge in [0.05, 0.1) is 18.8 Å². The van der Waals surface area contributed by atoms with Gasteiger partial charge in [0.25, 0.3) is 0 Å². The highest BCUT2D eigenvalue weighted by Crippen LogP contribution is 2.25. The van der Waals surface area contributed by atoms with Gasteiger partial charge in [-0.15, -0.1) is 0 Å². The van der Waals surface area contributed by atoms with Crippen molar-refractivity contribution in [2.75, 3.05) is 37.0 Å². The number of ether oxygens (including phenoxy) is 2. The molecule has 0 amide bonds. The normalized spacial score (nSPS) is 21.2. The van der Waals surface area contributed by atoms with Crippen LogP contribution in [0.25, 0.3) is 0 Å². The summed E-state index contributed by atoms with van der Waals surface area (Å²) in [6, 6.07) is 0.329. The molecule has 1 saturated heterocycles. The van der Waals surface area contributed by atoms with Gasteiger partial charge in [0, 0.05) is 19.6 Å². The minimum Gasteiger partial charge on any atom is -0.467 e. The van der Waals surface area contributed by atoms with Crippen LogP contribution in [-0.2, 0) is 4.74 Å². The van der Waals surface area contributed by atoms with Crippen molar-refractivity contribution in [3.8, 4) is 6.01 Å². The molecule has 21 heavy (non-hydrogen) atoms. The van der Waals surface area contributed by atoms with Gasteiger partial charge in [-0.1, -0.05) is 6.92 Å². The molecule has 1 atom stereocenters. The fourth-order valence-electron chi connectivity index (χ4n) is 2.50. The van der Waals surface area contributed by atoms with Gasteiger partial charge < -0.3 is 19.7 Å². The van der Waals surface area contributed by atoms with Gasteiger partial charge >= 0.3 is 6.01 Å². The molecule has 1 aromatic heterocycles. The number of anilines is 2. The van der Waals surface area contributed by atoms with E-state index in [0.29, 0.717) is 17.9 Å².